The fraction of sp³-hybridized carbons (Fsp3) is 0.202. The molecule has 5 aliphatic rings. The molecule has 13 aromatic rings. The smallest absolute Gasteiger partial charge is 0.256 e. The summed E-state index contributed by atoms with van der Waals surface area (Å²) in [4.78, 5) is 111. The average molecular weight is 1860 g/mol. The number of anilines is 4. The Labute approximate surface area is 789 Å². The number of aromatic nitrogens is 2. The molecular formula is C104H97Cl4N13O12. The fourth-order valence-electron chi connectivity index (χ4n) is 15.6. The Kier molecular flexibility index (Phi) is 30.4. The van der Waals surface area contributed by atoms with Gasteiger partial charge < -0.3 is 79.5 Å². The molecule has 8 aromatic carbocycles. The van der Waals surface area contributed by atoms with Crippen molar-refractivity contribution in [3.63, 3.8) is 0 Å². The summed E-state index contributed by atoms with van der Waals surface area (Å²) in [5.41, 5.74) is 13.2. The number of nitrogens with one attached hydrogen (secondary N) is 8. The van der Waals surface area contributed by atoms with Crippen LogP contribution in [-0.2, 0) is 32.8 Å². The van der Waals surface area contributed by atoms with Gasteiger partial charge in [-0.3, -0.25) is 38.4 Å². The van der Waals surface area contributed by atoms with E-state index in [4.69, 9.17) is 64.1 Å². The molecular weight excluding hydrogens is 1770 g/mol. The number of carbonyl (C=O) groups is 8. The Morgan fingerprint density at radius 1 is 0.429 bits per heavy atom. The van der Waals surface area contributed by atoms with Crippen LogP contribution in [0.25, 0.3) is 91.9 Å². The molecule has 0 radical (unpaired) electrons. The lowest BCUT2D eigenvalue weighted by molar-refractivity contribution is -0.111. The molecule has 1 fully saturated rings. The van der Waals surface area contributed by atoms with E-state index in [-0.39, 0.29) is 47.3 Å². The Hall–Kier alpha value is -14.2. The van der Waals surface area contributed by atoms with Gasteiger partial charge in [-0.2, -0.15) is 0 Å². The quantitative estimate of drug-likeness (QED) is 0.0184. The predicted molar refractivity (Wildman–Crippen MR) is 526 cm³/mol. The minimum Gasteiger partial charge on any atom is -0.457 e. The van der Waals surface area contributed by atoms with Crippen LogP contribution in [-0.4, -0.2) is 151 Å². The lowest BCUT2D eigenvalue weighted by Crippen LogP contribution is -2.35. The molecule has 5 aliphatic heterocycles. The molecule has 678 valence electrons. The monoisotopic (exact) mass is 1860 g/mol. The van der Waals surface area contributed by atoms with Gasteiger partial charge in [0.05, 0.1) is 28.8 Å². The van der Waals surface area contributed by atoms with Crippen molar-refractivity contribution in [2.75, 3.05) is 101 Å². The number of nitrogens with zero attached hydrogens (tertiary/aromatic N) is 5. The largest absolute Gasteiger partial charge is 0.457 e. The highest BCUT2D eigenvalue weighted by Gasteiger charge is 2.30. The maximum atomic E-state index is 12.7. The first-order valence-corrected chi connectivity index (χ1v) is 45.2. The molecule has 0 atom stereocenters. The lowest BCUT2D eigenvalue weighted by Gasteiger charge is -2.30. The first-order valence-electron chi connectivity index (χ1n) is 43.6. The van der Waals surface area contributed by atoms with Gasteiger partial charge in [0.1, 0.15) is 51.9 Å². The fourth-order valence-corrected chi connectivity index (χ4v) is 16.3. The molecule has 8 N–H and O–H groups in total. The first-order chi connectivity index (χ1) is 64.3. The molecule has 133 heavy (non-hydrogen) atoms. The van der Waals surface area contributed by atoms with E-state index in [1.54, 1.807) is 170 Å². The van der Waals surface area contributed by atoms with E-state index in [0.717, 1.165) is 126 Å². The number of aryl methyl sites for hydroxylation is 1. The van der Waals surface area contributed by atoms with Crippen LogP contribution < -0.4 is 42.5 Å². The van der Waals surface area contributed by atoms with Gasteiger partial charge in [-0.15, -0.1) is 0 Å². The Morgan fingerprint density at radius 2 is 0.752 bits per heavy atom. The van der Waals surface area contributed by atoms with E-state index in [1.165, 1.54) is 12.8 Å². The number of hydrogen-bond donors (Lipinski definition) is 8. The molecule has 8 amide bonds. The molecule has 0 unspecified atom stereocenters. The van der Waals surface area contributed by atoms with E-state index in [0.29, 0.717) is 143 Å². The number of fused-ring (bicyclic) bond motifs is 4. The van der Waals surface area contributed by atoms with E-state index in [9.17, 15) is 38.4 Å². The second-order valence-electron chi connectivity index (χ2n) is 32.6. The third kappa shape index (κ3) is 23.8. The maximum absolute atomic E-state index is 12.7. The standard InChI is InChI=1S/C29H30ClN3O3.C26H26ClN3O3.C25H19ClN4O3.C24H22ClN3O3/c1-19-10-14-33(15-11-19)13-3-12-31-28(34)21-5-2-4-20(16-21)27-9-7-23(36-27)18-25-24-17-22(30)6-8-26(24)32-29(25)35;1-3-30(4-2)13-12-28-25(31)18-7-5-6-17(14-18)24-11-9-20(33-24)16-22-21-15-19(27)8-10-23(21)29-26(22)32;1-30-10-9-27-23(30)14-28-24(31)16-4-2-3-15(11-16)22-8-6-18(33-22)13-20-19-12-17(26)5-7-21(19)29-25(20)32;1-28(2)11-10-26-23(29)16-5-3-4-15(12-16)22-9-7-18(31-22)14-20-19-13-17(25)6-8-21(19)27-24(20)30/h2,4-9,16-19H,3,10-15H2,1H3,(H,31,34)(H,32,35);5-11,14-16H,3-4,12-13H2,1-2H3,(H,28,31)(H,29,32);2-13H,14H2,1H3,(H,28,31)(H,29,32);3-9,12-14H,10-11H2,1-2H3,(H,26,29)(H,27,30)/b25-18+;22-16+;20-13+;20-14+. The van der Waals surface area contributed by atoms with Gasteiger partial charge in [0.25, 0.3) is 47.3 Å². The van der Waals surface area contributed by atoms with Crippen molar-refractivity contribution in [3.8, 4) is 45.3 Å². The average Bonchev–Trinajstić information content (AvgIpc) is 1.66. The van der Waals surface area contributed by atoms with Gasteiger partial charge >= 0.3 is 0 Å². The maximum Gasteiger partial charge on any atom is 0.256 e. The van der Waals surface area contributed by atoms with Crippen LogP contribution in [0.5, 0.6) is 0 Å². The summed E-state index contributed by atoms with van der Waals surface area (Å²) >= 11 is 24.4. The SMILES string of the molecule is CC1CCN(CCCNC(=O)c2cccc(-c3ccc(/C=C4/C(=O)Nc5ccc(Cl)cc54)o3)c2)CC1.CCN(CC)CCNC(=O)c1cccc(-c2ccc(/C=C3/C(=O)Nc4ccc(Cl)cc43)o2)c1.CN(C)CCNC(=O)c1cccc(-c2ccc(/C=C3/C(=O)Nc4ccc(Cl)cc43)o2)c1.Cn1ccnc1CNC(=O)c1cccc(-c2ccc(/C=C3/C(=O)Nc4ccc(Cl)cc43)o2)c1. The number of rotatable bonds is 26. The van der Waals surface area contributed by atoms with Gasteiger partial charge in [0.2, 0.25) is 0 Å². The van der Waals surface area contributed by atoms with Crippen molar-refractivity contribution >= 4 is 163 Å². The summed E-state index contributed by atoms with van der Waals surface area (Å²) < 4.78 is 25.7. The Balaban J connectivity index is 0.000000136. The molecule has 0 bridgehead atoms. The van der Waals surface area contributed by atoms with Gasteiger partial charge in [0.15, 0.2) is 0 Å². The Bertz CT molecular complexity index is 6690. The number of carbonyl (C=O) groups excluding carboxylic acids is 8. The normalized spacial score (nSPS) is 14.8. The van der Waals surface area contributed by atoms with Crippen molar-refractivity contribution in [2.45, 2.75) is 46.6 Å². The minimum atomic E-state index is -0.211. The number of imidazole rings is 1. The number of piperidine rings is 1. The highest BCUT2D eigenvalue weighted by atomic mass is 35.5. The third-order valence-corrected chi connectivity index (χ3v) is 23.9. The molecule has 10 heterocycles. The lowest BCUT2D eigenvalue weighted by atomic mass is 9.99. The summed E-state index contributed by atoms with van der Waals surface area (Å²) in [6, 6.07) is 64.7. The zero-order valence-corrected chi connectivity index (χ0v) is 76.9. The molecule has 0 saturated carbocycles. The zero-order chi connectivity index (χ0) is 93.3. The third-order valence-electron chi connectivity index (χ3n) is 22.9. The van der Waals surface area contributed by atoms with Gasteiger partial charge in [-0.25, -0.2) is 4.98 Å². The number of benzene rings is 8. The number of likely N-dealkylation sites (tertiary alicyclic amines) is 1. The van der Waals surface area contributed by atoms with Crippen LogP contribution in [0.2, 0.25) is 20.1 Å². The van der Waals surface area contributed by atoms with E-state index in [1.807, 2.05) is 116 Å². The zero-order valence-electron chi connectivity index (χ0n) is 73.9. The summed E-state index contributed by atoms with van der Waals surface area (Å²) in [6.07, 6.45) is 13.8. The van der Waals surface area contributed by atoms with Gasteiger partial charge in [0, 0.05) is 162 Å². The van der Waals surface area contributed by atoms with Crippen molar-refractivity contribution in [1.82, 2.24) is 45.5 Å². The molecule has 0 spiro atoms. The van der Waals surface area contributed by atoms with Crippen LogP contribution in [0.15, 0.2) is 248 Å². The Morgan fingerprint density at radius 3 is 1.07 bits per heavy atom. The van der Waals surface area contributed by atoms with Crippen molar-refractivity contribution in [1.29, 1.82) is 0 Å². The first kappa shape index (κ1) is 93.5. The number of hydrogen-bond acceptors (Lipinski definition) is 16. The van der Waals surface area contributed by atoms with Crippen LogP contribution in [0.4, 0.5) is 22.7 Å². The molecule has 0 aliphatic carbocycles. The highest BCUT2D eigenvalue weighted by molar-refractivity contribution is 6.40. The summed E-state index contributed by atoms with van der Waals surface area (Å²) in [7, 11) is 5.79. The van der Waals surface area contributed by atoms with E-state index in [2.05, 4.69) is 78.1 Å². The van der Waals surface area contributed by atoms with Crippen LogP contribution in [0.1, 0.15) is 133 Å². The molecule has 25 nitrogen and oxygen atoms in total. The second-order valence-corrected chi connectivity index (χ2v) is 34.3. The number of furan rings is 4. The highest BCUT2D eigenvalue weighted by Crippen LogP contribution is 2.41. The molecule has 5 aromatic heterocycles. The molecule has 1 saturated heterocycles. The molecule has 29 heteroatoms. The molecule has 18 rings (SSSR count). The van der Waals surface area contributed by atoms with Crippen LogP contribution in [0, 0.1) is 5.92 Å². The van der Waals surface area contributed by atoms with Crippen LogP contribution >= 0.6 is 46.4 Å². The van der Waals surface area contributed by atoms with Crippen molar-refractivity contribution in [3.05, 3.63) is 324 Å². The van der Waals surface area contributed by atoms with Gasteiger partial charge in [-0.05, 0) is 266 Å². The predicted octanol–water partition coefficient (Wildman–Crippen LogP) is 20.2. The van der Waals surface area contributed by atoms with Gasteiger partial charge in [-0.1, -0.05) is 116 Å². The van der Waals surface area contributed by atoms with E-state index < -0.39 is 0 Å². The number of halogens is 4. The number of likely N-dealkylation sites (N-methyl/N-ethyl adjacent to an activating group) is 2. The minimum absolute atomic E-state index is 0.0888. The number of amides is 8. The topological polar surface area (TPSA) is 313 Å². The summed E-state index contributed by atoms with van der Waals surface area (Å²) in [6.45, 7) is 15.5. The van der Waals surface area contributed by atoms with Crippen LogP contribution in [0.3, 0.4) is 0 Å². The summed E-state index contributed by atoms with van der Waals surface area (Å²) in [5.74, 6) is 4.82. The van der Waals surface area contributed by atoms with E-state index >= 15 is 0 Å². The second kappa shape index (κ2) is 43.3. The van der Waals surface area contributed by atoms with Crippen molar-refractivity contribution < 1.29 is 56.0 Å². The summed E-state index contributed by atoms with van der Waals surface area (Å²) in [5, 5.41) is 25.3. The van der Waals surface area contributed by atoms with Crippen molar-refractivity contribution in [2.24, 2.45) is 13.0 Å².